The van der Waals surface area contributed by atoms with Crippen molar-refractivity contribution in [2.24, 2.45) is 5.92 Å². The van der Waals surface area contributed by atoms with Gasteiger partial charge in [0.25, 0.3) is 0 Å². The zero-order chi connectivity index (χ0) is 34.5. The van der Waals surface area contributed by atoms with Crippen LogP contribution in [-0.4, -0.2) is 71.1 Å². The van der Waals surface area contributed by atoms with Crippen LogP contribution in [0.15, 0.2) is 48.8 Å². The fraction of sp³-hybridized carbons (Fsp3) is 0.371. The van der Waals surface area contributed by atoms with E-state index in [0.717, 1.165) is 12.8 Å². The Morgan fingerprint density at radius 1 is 0.776 bits per heavy atom. The molecule has 2 aromatic carbocycles. The van der Waals surface area contributed by atoms with Gasteiger partial charge in [-0.15, -0.1) is 0 Å². The highest BCUT2D eigenvalue weighted by Crippen LogP contribution is 2.42. The second-order valence-corrected chi connectivity index (χ2v) is 12.9. The number of rotatable bonds is 13. The molecule has 0 bridgehead atoms. The van der Waals surface area contributed by atoms with E-state index in [1.165, 1.54) is 0 Å². The average Bonchev–Trinajstić information content (AvgIpc) is 3.67. The SMILES string of the molecule is COc1nc(-c2cccc(-c3cccc(-c4cnc(CNC[C@@H]5CC(C)C(=O)N5)c(OC)n4)c3Cl)c2Cl)cnc1CNC[C@@H]1CCC(=O)N1. The Hall–Kier alpha value is -4.36. The number of nitrogens with zero attached hydrogens (tertiary/aromatic N) is 4. The first kappa shape index (κ1) is 34.5. The topological polar surface area (TPSA) is 152 Å². The molecule has 0 saturated carbocycles. The predicted octanol–water partition coefficient (Wildman–Crippen LogP) is 4.57. The molecule has 2 aliphatic heterocycles. The van der Waals surface area contributed by atoms with Crippen LogP contribution in [0.1, 0.15) is 37.6 Å². The maximum Gasteiger partial charge on any atom is 0.237 e. The van der Waals surface area contributed by atoms with Gasteiger partial charge in [0.1, 0.15) is 11.4 Å². The second-order valence-electron chi connectivity index (χ2n) is 12.2. The minimum Gasteiger partial charge on any atom is -0.480 e. The summed E-state index contributed by atoms with van der Waals surface area (Å²) in [6.07, 6.45) is 5.50. The van der Waals surface area contributed by atoms with Gasteiger partial charge in [0.15, 0.2) is 0 Å². The van der Waals surface area contributed by atoms with E-state index in [0.29, 0.717) is 99.4 Å². The molecule has 2 aliphatic rings. The Morgan fingerprint density at radius 2 is 1.29 bits per heavy atom. The van der Waals surface area contributed by atoms with Crippen molar-refractivity contribution in [1.82, 2.24) is 41.2 Å². The third-order valence-electron chi connectivity index (χ3n) is 8.73. The second kappa shape index (κ2) is 15.5. The molecule has 12 nitrogen and oxygen atoms in total. The monoisotopic (exact) mass is 704 g/mol. The van der Waals surface area contributed by atoms with Crippen molar-refractivity contribution < 1.29 is 19.1 Å². The van der Waals surface area contributed by atoms with Gasteiger partial charge in [-0.2, -0.15) is 0 Å². The van der Waals surface area contributed by atoms with Gasteiger partial charge in [0, 0.05) is 72.9 Å². The first-order chi connectivity index (χ1) is 23.7. The Balaban J connectivity index is 1.19. The zero-order valence-corrected chi connectivity index (χ0v) is 29.0. The summed E-state index contributed by atoms with van der Waals surface area (Å²) in [6.45, 7) is 4.05. The number of hydrogen-bond donors (Lipinski definition) is 4. The van der Waals surface area contributed by atoms with Crippen LogP contribution in [0.5, 0.6) is 11.8 Å². The minimum atomic E-state index is 0.0230. The van der Waals surface area contributed by atoms with Gasteiger partial charge < -0.3 is 30.7 Å². The standard InChI is InChI=1S/C35H38Cl2N8O4/c1-19-12-21(43-33(19)47)14-39-16-29-35(49-3)45-27(18-41-29)25-9-5-7-23(32(25)37)22-6-4-8-24(31(22)36)26-17-40-28(34(44-26)48-2)15-38-13-20-10-11-30(46)42-20/h4-9,17-21,38-39H,10-16H2,1-3H3,(H,42,46)(H,43,47)/t19?,20-,21-/m0/s1. The molecule has 256 valence electrons. The van der Waals surface area contributed by atoms with Gasteiger partial charge in [0.2, 0.25) is 23.6 Å². The third kappa shape index (κ3) is 7.78. The summed E-state index contributed by atoms with van der Waals surface area (Å²) < 4.78 is 11.2. The summed E-state index contributed by atoms with van der Waals surface area (Å²) in [5.74, 6) is 0.951. The smallest absolute Gasteiger partial charge is 0.237 e. The Kier molecular flexibility index (Phi) is 10.9. The molecule has 49 heavy (non-hydrogen) atoms. The summed E-state index contributed by atoms with van der Waals surface area (Å²) in [6, 6.07) is 11.5. The first-order valence-electron chi connectivity index (χ1n) is 16.1. The molecular weight excluding hydrogens is 667 g/mol. The highest BCUT2D eigenvalue weighted by Gasteiger charge is 2.28. The number of halogens is 2. The molecule has 3 atom stereocenters. The lowest BCUT2D eigenvalue weighted by molar-refractivity contribution is -0.122. The van der Waals surface area contributed by atoms with Gasteiger partial charge in [-0.3, -0.25) is 19.6 Å². The fourth-order valence-electron chi connectivity index (χ4n) is 6.13. The quantitative estimate of drug-likeness (QED) is 0.156. The Bertz CT molecular complexity index is 1860. The van der Waals surface area contributed by atoms with Crippen LogP contribution >= 0.6 is 23.2 Å². The van der Waals surface area contributed by atoms with Crippen molar-refractivity contribution in [3.8, 4) is 45.4 Å². The molecule has 2 fully saturated rings. The molecule has 0 aliphatic carbocycles. The van der Waals surface area contributed by atoms with Gasteiger partial charge >= 0.3 is 0 Å². The Labute approximate surface area is 294 Å². The van der Waals surface area contributed by atoms with Crippen LogP contribution in [0.2, 0.25) is 10.0 Å². The van der Waals surface area contributed by atoms with Crippen molar-refractivity contribution in [2.75, 3.05) is 27.3 Å². The average molecular weight is 706 g/mol. The maximum atomic E-state index is 11.8. The molecule has 0 spiro atoms. The number of nitrogens with one attached hydrogen (secondary N) is 4. The van der Waals surface area contributed by atoms with Crippen LogP contribution in [0.4, 0.5) is 0 Å². The van der Waals surface area contributed by atoms with Gasteiger partial charge in [0.05, 0.1) is 48.0 Å². The molecule has 0 radical (unpaired) electrons. The Morgan fingerprint density at radius 3 is 1.73 bits per heavy atom. The van der Waals surface area contributed by atoms with Crippen molar-refractivity contribution in [1.29, 1.82) is 0 Å². The third-order valence-corrected chi connectivity index (χ3v) is 9.55. The normalized spacial score (nSPS) is 18.8. The molecule has 4 N–H and O–H groups in total. The molecule has 6 rings (SSSR count). The lowest BCUT2D eigenvalue weighted by Gasteiger charge is -2.15. The highest BCUT2D eigenvalue weighted by molar-refractivity contribution is 6.39. The number of hydrogen-bond acceptors (Lipinski definition) is 10. The lowest BCUT2D eigenvalue weighted by Crippen LogP contribution is -2.35. The number of amides is 2. The number of methoxy groups -OCH3 is 2. The molecule has 14 heteroatoms. The van der Waals surface area contributed by atoms with Crippen molar-refractivity contribution in [3.63, 3.8) is 0 Å². The molecule has 2 aromatic heterocycles. The molecule has 2 amide bonds. The highest BCUT2D eigenvalue weighted by atomic mass is 35.5. The first-order valence-corrected chi connectivity index (χ1v) is 16.9. The van der Waals surface area contributed by atoms with Crippen LogP contribution in [0, 0.1) is 5.92 Å². The number of aromatic nitrogens is 4. The van der Waals surface area contributed by atoms with E-state index in [9.17, 15) is 9.59 Å². The van der Waals surface area contributed by atoms with E-state index in [4.69, 9.17) is 42.6 Å². The number of carbonyl (C=O) groups excluding carboxylic acids is 2. The van der Waals surface area contributed by atoms with Crippen LogP contribution in [0.3, 0.4) is 0 Å². The number of carbonyl (C=O) groups is 2. The molecule has 4 heterocycles. The number of benzene rings is 2. The summed E-state index contributed by atoms with van der Waals surface area (Å²) in [4.78, 5) is 42.0. The van der Waals surface area contributed by atoms with Crippen LogP contribution in [0.25, 0.3) is 33.6 Å². The van der Waals surface area contributed by atoms with Crippen LogP contribution in [-0.2, 0) is 22.7 Å². The van der Waals surface area contributed by atoms with Gasteiger partial charge in [-0.1, -0.05) is 66.5 Å². The van der Waals surface area contributed by atoms with E-state index in [-0.39, 0.29) is 29.8 Å². The van der Waals surface area contributed by atoms with Crippen molar-refractivity contribution in [3.05, 3.63) is 70.2 Å². The molecule has 2 saturated heterocycles. The van der Waals surface area contributed by atoms with Crippen molar-refractivity contribution >= 4 is 35.0 Å². The predicted molar refractivity (Wildman–Crippen MR) is 187 cm³/mol. The van der Waals surface area contributed by atoms with E-state index in [1.54, 1.807) is 26.6 Å². The van der Waals surface area contributed by atoms with Crippen molar-refractivity contribution in [2.45, 2.75) is 51.4 Å². The maximum absolute atomic E-state index is 11.8. The van der Waals surface area contributed by atoms with Gasteiger partial charge in [-0.05, 0) is 12.8 Å². The summed E-state index contributed by atoms with van der Waals surface area (Å²) in [5.41, 5.74) is 5.16. The number of ether oxygens (including phenoxy) is 2. The fourth-order valence-corrected chi connectivity index (χ4v) is 6.78. The largest absolute Gasteiger partial charge is 0.480 e. The van der Waals surface area contributed by atoms with Gasteiger partial charge in [-0.25, -0.2) is 9.97 Å². The zero-order valence-electron chi connectivity index (χ0n) is 27.5. The minimum absolute atomic E-state index is 0.0230. The lowest BCUT2D eigenvalue weighted by atomic mass is 9.98. The van der Waals surface area contributed by atoms with E-state index in [2.05, 4.69) is 31.2 Å². The van der Waals surface area contributed by atoms with E-state index < -0.39 is 0 Å². The summed E-state index contributed by atoms with van der Waals surface area (Å²) >= 11 is 14.1. The van der Waals surface area contributed by atoms with Crippen LogP contribution < -0.4 is 30.7 Å². The summed E-state index contributed by atoms with van der Waals surface area (Å²) in [5, 5.41) is 13.5. The van der Waals surface area contributed by atoms with E-state index in [1.807, 2.05) is 43.3 Å². The molecular formula is C35H38Cl2N8O4. The molecule has 4 aromatic rings. The van der Waals surface area contributed by atoms with E-state index >= 15 is 0 Å². The summed E-state index contributed by atoms with van der Waals surface area (Å²) in [7, 11) is 3.10. The molecule has 1 unspecified atom stereocenters.